The van der Waals surface area contributed by atoms with Gasteiger partial charge in [0.05, 0.1) is 18.0 Å². The van der Waals surface area contributed by atoms with Gasteiger partial charge in [-0.1, -0.05) is 0 Å². The molecule has 0 spiro atoms. The van der Waals surface area contributed by atoms with Crippen molar-refractivity contribution in [3.8, 4) is 0 Å². The second-order valence-electron chi connectivity index (χ2n) is 4.17. The maximum Gasteiger partial charge on any atom is 0.214 e. The van der Waals surface area contributed by atoms with Gasteiger partial charge in [-0.3, -0.25) is 0 Å². The number of hydrogen-bond donors (Lipinski definition) is 1. The molecule has 2 rings (SSSR count). The number of fused-ring (bicyclic) bond motifs is 2. The van der Waals surface area contributed by atoms with Crippen LogP contribution in [0.25, 0.3) is 0 Å². The number of morpholine rings is 1. The molecule has 2 aliphatic rings. The van der Waals surface area contributed by atoms with Crippen LogP contribution in [-0.4, -0.2) is 55.5 Å². The standard InChI is InChI=1S/C9H17NO4S/c11-4-1-5-15(12,13)10-6-8-2-3-9(7-10)14-8/h8-9,11H,1-7H2. The van der Waals surface area contributed by atoms with E-state index < -0.39 is 10.0 Å². The lowest BCUT2D eigenvalue weighted by Gasteiger charge is -2.31. The van der Waals surface area contributed by atoms with Crippen molar-refractivity contribution in [1.29, 1.82) is 0 Å². The third-order valence-corrected chi connectivity index (χ3v) is 4.85. The lowest BCUT2D eigenvalue weighted by atomic mass is 10.2. The van der Waals surface area contributed by atoms with Crippen molar-refractivity contribution in [3.05, 3.63) is 0 Å². The summed E-state index contributed by atoms with van der Waals surface area (Å²) in [6.07, 6.45) is 2.43. The minimum atomic E-state index is -3.18. The van der Waals surface area contributed by atoms with Crippen molar-refractivity contribution in [2.24, 2.45) is 0 Å². The summed E-state index contributed by atoms with van der Waals surface area (Å²) in [5.41, 5.74) is 0. The molecule has 0 aromatic rings. The van der Waals surface area contributed by atoms with Crippen LogP contribution in [-0.2, 0) is 14.8 Å². The van der Waals surface area contributed by atoms with Gasteiger partial charge < -0.3 is 9.84 Å². The number of aliphatic hydroxyl groups excluding tert-OH is 1. The van der Waals surface area contributed by atoms with Crippen LogP contribution in [0.4, 0.5) is 0 Å². The molecule has 0 aromatic carbocycles. The summed E-state index contributed by atoms with van der Waals surface area (Å²) in [5, 5.41) is 8.64. The predicted molar refractivity (Wildman–Crippen MR) is 55.0 cm³/mol. The van der Waals surface area contributed by atoms with Gasteiger partial charge in [-0.15, -0.1) is 0 Å². The van der Waals surface area contributed by atoms with E-state index in [4.69, 9.17) is 9.84 Å². The monoisotopic (exact) mass is 235 g/mol. The largest absolute Gasteiger partial charge is 0.396 e. The lowest BCUT2D eigenvalue weighted by Crippen LogP contribution is -2.46. The zero-order valence-electron chi connectivity index (χ0n) is 8.63. The highest BCUT2D eigenvalue weighted by molar-refractivity contribution is 7.89. The van der Waals surface area contributed by atoms with Gasteiger partial charge in [-0.25, -0.2) is 8.42 Å². The summed E-state index contributed by atoms with van der Waals surface area (Å²) < 4.78 is 30.7. The second kappa shape index (κ2) is 4.37. The normalized spacial score (nSPS) is 32.1. The fraction of sp³-hybridized carbons (Fsp3) is 1.00. The minimum absolute atomic E-state index is 0.0446. The molecule has 0 amide bonds. The van der Waals surface area contributed by atoms with E-state index in [9.17, 15) is 8.42 Å². The molecular formula is C9H17NO4S. The van der Waals surface area contributed by atoms with Crippen LogP contribution in [0, 0.1) is 0 Å². The first-order valence-electron chi connectivity index (χ1n) is 5.36. The quantitative estimate of drug-likeness (QED) is 0.717. The Morgan fingerprint density at radius 2 is 1.87 bits per heavy atom. The molecule has 6 heteroatoms. The fourth-order valence-electron chi connectivity index (χ4n) is 2.18. The molecule has 88 valence electrons. The highest BCUT2D eigenvalue weighted by Crippen LogP contribution is 2.27. The summed E-state index contributed by atoms with van der Waals surface area (Å²) >= 11 is 0. The lowest BCUT2D eigenvalue weighted by molar-refractivity contribution is -0.0114. The highest BCUT2D eigenvalue weighted by Gasteiger charge is 2.38. The zero-order chi connectivity index (χ0) is 10.9. The minimum Gasteiger partial charge on any atom is -0.396 e. The Labute approximate surface area is 90.1 Å². The Morgan fingerprint density at radius 1 is 1.27 bits per heavy atom. The first-order chi connectivity index (χ1) is 7.12. The van der Waals surface area contributed by atoms with Gasteiger partial charge in [0.2, 0.25) is 10.0 Å². The maximum atomic E-state index is 11.8. The van der Waals surface area contributed by atoms with E-state index in [0.29, 0.717) is 19.5 Å². The van der Waals surface area contributed by atoms with E-state index in [0.717, 1.165) is 12.8 Å². The molecule has 2 heterocycles. The van der Waals surface area contributed by atoms with Gasteiger partial charge in [-0.05, 0) is 19.3 Å². The number of sulfonamides is 1. The molecule has 2 saturated heterocycles. The van der Waals surface area contributed by atoms with E-state index in [1.54, 1.807) is 0 Å². The molecule has 5 nitrogen and oxygen atoms in total. The summed E-state index contributed by atoms with van der Waals surface area (Å²) in [6.45, 7) is 0.908. The average molecular weight is 235 g/mol. The molecule has 2 bridgehead atoms. The summed E-state index contributed by atoms with van der Waals surface area (Å²) in [4.78, 5) is 0. The van der Waals surface area contributed by atoms with Crippen molar-refractivity contribution >= 4 is 10.0 Å². The molecule has 0 radical (unpaired) electrons. The van der Waals surface area contributed by atoms with Crippen molar-refractivity contribution < 1.29 is 18.3 Å². The van der Waals surface area contributed by atoms with Crippen molar-refractivity contribution in [2.45, 2.75) is 31.5 Å². The number of ether oxygens (including phenoxy) is 1. The first kappa shape index (κ1) is 11.3. The smallest absolute Gasteiger partial charge is 0.214 e. The van der Waals surface area contributed by atoms with E-state index in [1.807, 2.05) is 0 Å². The van der Waals surface area contributed by atoms with Crippen molar-refractivity contribution in [3.63, 3.8) is 0 Å². The Morgan fingerprint density at radius 3 is 2.40 bits per heavy atom. The SMILES string of the molecule is O=S(=O)(CCCO)N1CC2CCC(C1)O2. The molecule has 2 unspecified atom stereocenters. The number of nitrogens with zero attached hydrogens (tertiary/aromatic N) is 1. The third-order valence-electron chi connectivity index (χ3n) is 2.96. The predicted octanol–water partition coefficient (Wildman–Crippen LogP) is -0.438. The Bertz CT molecular complexity index is 304. The Hall–Kier alpha value is -0.170. The van der Waals surface area contributed by atoms with E-state index in [-0.39, 0.29) is 24.6 Å². The number of rotatable bonds is 4. The molecule has 2 aliphatic heterocycles. The zero-order valence-corrected chi connectivity index (χ0v) is 9.45. The Balaban J connectivity index is 1.98. The molecule has 2 atom stereocenters. The van der Waals surface area contributed by atoms with Crippen molar-refractivity contribution in [2.75, 3.05) is 25.4 Å². The van der Waals surface area contributed by atoms with Gasteiger partial charge in [0.15, 0.2) is 0 Å². The van der Waals surface area contributed by atoms with Crippen LogP contribution in [0.3, 0.4) is 0 Å². The third kappa shape index (κ3) is 2.50. The van der Waals surface area contributed by atoms with Gasteiger partial charge in [0.25, 0.3) is 0 Å². The topological polar surface area (TPSA) is 66.8 Å². The van der Waals surface area contributed by atoms with Crippen LogP contribution in [0.2, 0.25) is 0 Å². The second-order valence-corrected chi connectivity index (χ2v) is 6.26. The fourth-order valence-corrected chi connectivity index (χ4v) is 3.72. The van der Waals surface area contributed by atoms with E-state index >= 15 is 0 Å². The molecule has 0 saturated carbocycles. The molecule has 0 aliphatic carbocycles. The van der Waals surface area contributed by atoms with Crippen molar-refractivity contribution in [1.82, 2.24) is 4.31 Å². The van der Waals surface area contributed by atoms with Gasteiger partial charge in [-0.2, -0.15) is 4.31 Å². The van der Waals surface area contributed by atoms with Gasteiger partial charge in [0, 0.05) is 19.7 Å². The summed E-state index contributed by atoms with van der Waals surface area (Å²) in [5.74, 6) is 0.0446. The van der Waals surface area contributed by atoms with Crippen LogP contribution in [0.15, 0.2) is 0 Å². The van der Waals surface area contributed by atoms with E-state index in [2.05, 4.69) is 0 Å². The molecule has 2 fully saturated rings. The molecule has 15 heavy (non-hydrogen) atoms. The number of aliphatic hydroxyl groups is 1. The van der Waals surface area contributed by atoms with Crippen LogP contribution >= 0.6 is 0 Å². The van der Waals surface area contributed by atoms with Crippen LogP contribution in [0.1, 0.15) is 19.3 Å². The highest BCUT2D eigenvalue weighted by atomic mass is 32.2. The van der Waals surface area contributed by atoms with Crippen LogP contribution < -0.4 is 0 Å². The number of hydrogen-bond acceptors (Lipinski definition) is 4. The van der Waals surface area contributed by atoms with Gasteiger partial charge in [0.1, 0.15) is 0 Å². The first-order valence-corrected chi connectivity index (χ1v) is 6.97. The maximum absolute atomic E-state index is 11.8. The summed E-state index contributed by atoms with van der Waals surface area (Å²) in [7, 11) is -3.18. The molecular weight excluding hydrogens is 218 g/mol. The van der Waals surface area contributed by atoms with Crippen LogP contribution in [0.5, 0.6) is 0 Å². The Kier molecular flexibility index (Phi) is 3.30. The molecule has 1 N–H and O–H groups in total. The van der Waals surface area contributed by atoms with E-state index in [1.165, 1.54) is 4.31 Å². The average Bonchev–Trinajstić information content (AvgIpc) is 2.54. The molecule has 0 aromatic heterocycles. The van der Waals surface area contributed by atoms with Gasteiger partial charge >= 0.3 is 0 Å². The summed E-state index contributed by atoms with van der Waals surface area (Å²) in [6, 6.07) is 0.